The van der Waals surface area contributed by atoms with Gasteiger partial charge in [0.05, 0.1) is 13.2 Å². The molecule has 0 aromatic rings. The van der Waals surface area contributed by atoms with Gasteiger partial charge in [0.2, 0.25) is 5.91 Å². The number of hydrogen-bond acceptors (Lipinski definition) is 3. The molecule has 1 aliphatic heterocycles. The molecule has 16 heavy (non-hydrogen) atoms. The maximum Gasteiger partial charge on any atom is 0.236 e. The van der Waals surface area contributed by atoms with Gasteiger partial charge in [-0.1, -0.05) is 13.8 Å². The van der Waals surface area contributed by atoms with Crippen molar-refractivity contribution in [2.45, 2.75) is 20.3 Å². The van der Waals surface area contributed by atoms with Crippen molar-refractivity contribution in [2.75, 3.05) is 39.9 Å². The Morgan fingerprint density at radius 2 is 2.19 bits per heavy atom. The summed E-state index contributed by atoms with van der Waals surface area (Å²) in [5.41, 5.74) is 0. The Hall–Kier alpha value is -0.610. The normalized spacial score (nSPS) is 25.8. The fraction of sp³-hybridized carbons (Fsp3) is 0.917. The van der Waals surface area contributed by atoms with Crippen LogP contribution in [0.3, 0.4) is 0 Å². The summed E-state index contributed by atoms with van der Waals surface area (Å²) < 4.78 is 4.91. The Morgan fingerprint density at radius 1 is 1.44 bits per heavy atom. The highest BCUT2D eigenvalue weighted by Gasteiger charge is 2.25. The SMILES string of the molecule is COCCNCC(=O)N1CCC(C)C(C)C1. The van der Waals surface area contributed by atoms with Crippen molar-refractivity contribution in [1.82, 2.24) is 10.2 Å². The van der Waals surface area contributed by atoms with Crippen molar-refractivity contribution in [3.8, 4) is 0 Å². The number of methoxy groups -OCH3 is 1. The van der Waals surface area contributed by atoms with E-state index in [-0.39, 0.29) is 5.91 Å². The van der Waals surface area contributed by atoms with E-state index in [1.54, 1.807) is 7.11 Å². The molecule has 1 rings (SSSR count). The second-order valence-corrected chi connectivity index (χ2v) is 4.75. The van der Waals surface area contributed by atoms with Crippen LogP contribution in [0.2, 0.25) is 0 Å². The van der Waals surface area contributed by atoms with Crippen LogP contribution in [0.4, 0.5) is 0 Å². The molecule has 1 saturated heterocycles. The van der Waals surface area contributed by atoms with Crippen LogP contribution in [0.1, 0.15) is 20.3 Å². The quantitative estimate of drug-likeness (QED) is 0.705. The zero-order chi connectivity index (χ0) is 12.0. The Kier molecular flexibility index (Phi) is 5.77. The summed E-state index contributed by atoms with van der Waals surface area (Å²) in [7, 11) is 1.66. The van der Waals surface area contributed by atoms with E-state index in [2.05, 4.69) is 19.2 Å². The number of amides is 1. The highest BCUT2D eigenvalue weighted by Crippen LogP contribution is 2.22. The molecule has 2 unspecified atom stereocenters. The number of nitrogens with one attached hydrogen (secondary N) is 1. The minimum atomic E-state index is 0.217. The Labute approximate surface area is 98.3 Å². The molecule has 0 saturated carbocycles. The van der Waals surface area contributed by atoms with Gasteiger partial charge in [-0.2, -0.15) is 0 Å². The summed E-state index contributed by atoms with van der Waals surface area (Å²) in [6.07, 6.45) is 1.13. The first-order valence-corrected chi connectivity index (χ1v) is 6.12. The van der Waals surface area contributed by atoms with Crippen molar-refractivity contribution in [2.24, 2.45) is 11.8 Å². The van der Waals surface area contributed by atoms with Crippen LogP contribution < -0.4 is 5.32 Å². The number of ether oxygens (including phenoxy) is 1. The lowest BCUT2D eigenvalue weighted by molar-refractivity contribution is -0.132. The van der Waals surface area contributed by atoms with Gasteiger partial charge in [0, 0.05) is 26.7 Å². The van der Waals surface area contributed by atoms with E-state index >= 15 is 0 Å². The number of carbonyl (C=O) groups is 1. The first kappa shape index (κ1) is 13.5. The minimum Gasteiger partial charge on any atom is -0.383 e. The van der Waals surface area contributed by atoms with Crippen molar-refractivity contribution >= 4 is 5.91 Å². The number of carbonyl (C=O) groups excluding carboxylic acids is 1. The van der Waals surface area contributed by atoms with E-state index < -0.39 is 0 Å². The summed E-state index contributed by atoms with van der Waals surface area (Å²) in [6, 6.07) is 0. The van der Waals surface area contributed by atoms with Gasteiger partial charge in [0.15, 0.2) is 0 Å². The monoisotopic (exact) mass is 228 g/mol. The molecule has 1 aliphatic rings. The molecular formula is C12H24N2O2. The molecule has 4 heteroatoms. The standard InChI is InChI=1S/C12H24N2O2/c1-10-4-6-14(9-11(10)2)12(15)8-13-5-7-16-3/h10-11,13H,4-9H2,1-3H3. The minimum absolute atomic E-state index is 0.217. The number of piperidine rings is 1. The largest absolute Gasteiger partial charge is 0.383 e. The van der Waals surface area contributed by atoms with Crippen LogP contribution in [0.15, 0.2) is 0 Å². The molecule has 94 valence electrons. The van der Waals surface area contributed by atoms with Crippen molar-refractivity contribution in [1.29, 1.82) is 0 Å². The summed E-state index contributed by atoms with van der Waals surface area (Å²) in [5.74, 6) is 1.58. The maximum absolute atomic E-state index is 11.8. The molecular weight excluding hydrogens is 204 g/mol. The van der Waals surface area contributed by atoms with Crippen LogP contribution >= 0.6 is 0 Å². The second kappa shape index (κ2) is 6.86. The summed E-state index contributed by atoms with van der Waals surface area (Å²) in [4.78, 5) is 13.8. The van der Waals surface area contributed by atoms with E-state index in [1.807, 2.05) is 4.90 Å². The Bertz CT molecular complexity index is 221. The van der Waals surface area contributed by atoms with Gasteiger partial charge in [-0.15, -0.1) is 0 Å². The maximum atomic E-state index is 11.8. The van der Waals surface area contributed by atoms with Crippen LogP contribution in [0.25, 0.3) is 0 Å². The van der Waals surface area contributed by atoms with Gasteiger partial charge in [-0.05, 0) is 18.3 Å². The van der Waals surface area contributed by atoms with Gasteiger partial charge in [-0.25, -0.2) is 0 Å². The van der Waals surface area contributed by atoms with E-state index in [0.29, 0.717) is 19.1 Å². The third-order valence-electron chi connectivity index (χ3n) is 3.45. The number of nitrogens with zero attached hydrogens (tertiary/aromatic N) is 1. The first-order chi connectivity index (χ1) is 7.65. The predicted octanol–water partition coefficient (Wildman–Crippen LogP) is 0.727. The van der Waals surface area contributed by atoms with Gasteiger partial charge in [0.25, 0.3) is 0 Å². The van der Waals surface area contributed by atoms with Crippen LogP contribution in [-0.2, 0) is 9.53 Å². The van der Waals surface area contributed by atoms with Crippen LogP contribution in [-0.4, -0.2) is 50.7 Å². The molecule has 0 aromatic carbocycles. The molecule has 1 N–H and O–H groups in total. The van der Waals surface area contributed by atoms with Gasteiger partial charge in [0.1, 0.15) is 0 Å². The van der Waals surface area contributed by atoms with Crippen LogP contribution in [0, 0.1) is 11.8 Å². The zero-order valence-electron chi connectivity index (χ0n) is 10.7. The van der Waals surface area contributed by atoms with Crippen molar-refractivity contribution < 1.29 is 9.53 Å². The van der Waals surface area contributed by atoms with Gasteiger partial charge in [-0.3, -0.25) is 4.79 Å². The summed E-state index contributed by atoms with van der Waals surface area (Å²) in [5, 5.41) is 3.09. The average molecular weight is 228 g/mol. The van der Waals surface area contributed by atoms with Crippen molar-refractivity contribution in [3.63, 3.8) is 0 Å². The Balaban J connectivity index is 2.21. The predicted molar refractivity (Wildman–Crippen MR) is 64.3 cm³/mol. The van der Waals surface area contributed by atoms with Crippen LogP contribution in [0.5, 0.6) is 0 Å². The molecule has 1 heterocycles. The number of rotatable bonds is 5. The first-order valence-electron chi connectivity index (χ1n) is 6.12. The highest BCUT2D eigenvalue weighted by molar-refractivity contribution is 5.78. The molecule has 0 radical (unpaired) electrons. The van der Waals surface area contributed by atoms with E-state index in [4.69, 9.17) is 4.74 Å². The molecule has 4 nitrogen and oxygen atoms in total. The molecule has 0 spiro atoms. The molecule has 1 amide bonds. The number of hydrogen-bond donors (Lipinski definition) is 1. The topological polar surface area (TPSA) is 41.6 Å². The van der Waals surface area contributed by atoms with E-state index in [0.717, 1.165) is 32.0 Å². The lowest BCUT2D eigenvalue weighted by Crippen LogP contribution is -2.46. The van der Waals surface area contributed by atoms with Crippen molar-refractivity contribution in [3.05, 3.63) is 0 Å². The average Bonchev–Trinajstić information content (AvgIpc) is 2.28. The molecule has 0 bridgehead atoms. The van der Waals surface area contributed by atoms with E-state index in [1.165, 1.54) is 0 Å². The molecule has 2 atom stereocenters. The fourth-order valence-corrected chi connectivity index (χ4v) is 1.97. The Morgan fingerprint density at radius 3 is 2.81 bits per heavy atom. The lowest BCUT2D eigenvalue weighted by Gasteiger charge is -2.35. The number of likely N-dealkylation sites (tertiary alicyclic amines) is 1. The summed E-state index contributed by atoms with van der Waals surface area (Å²) in [6.45, 7) is 8.14. The third kappa shape index (κ3) is 4.10. The van der Waals surface area contributed by atoms with Gasteiger partial charge < -0.3 is 15.0 Å². The second-order valence-electron chi connectivity index (χ2n) is 4.75. The molecule has 1 fully saturated rings. The summed E-state index contributed by atoms with van der Waals surface area (Å²) >= 11 is 0. The lowest BCUT2D eigenvalue weighted by atomic mass is 9.89. The molecule has 0 aliphatic carbocycles. The third-order valence-corrected chi connectivity index (χ3v) is 3.45. The fourth-order valence-electron chi connectivity index (χ4n) is 1.97. The smallest absolute Gasteiger partial charge is 0.236 e. The van der Waals surface area contributed by atoms with E-state index in [9.17, 15) is 4.79 Å². The molecule has 0 aromatic heterocycles. The highest BCUT2D eigenvalue weighted by atomic mass is 16.5. The zero-order valence-corrected chi connectivity index (χ0v) is 10.7. The van der Waals surface area contributed by atoms with Gasteiger partial charge >= 0.3 is 0 Å².